The molecule has 0 saturated carbocycles. The molecule has 1 aromatic heterocycles. The summed E-state index contributed by atoms with van der Waals surface area (Å²) in [5, 5.41) is 6.90. The lowest BCUT2D eigenvalue weighted by molar-refractivity contribution is -0.136. The molecule has 10 nitrogen and oxygen atoms in total. The number of hydrogen-bond acceptors (Lipinski definition) is 8. The smallest absolute Gasteiger partial charge is 0.255 e. The minimum absolute atomic E-state index is 0.114. The minimum Gasteiger partial charge on any atom is -0.382 e. The van der Waals surface area contributed by atoms with Gasteiger partial charge in [0.1, 0.15) is 17.6 Å². The molecule has 2 aromatic carbocycles. The summed E-state index contributed by atoms with van der Waals surface area (Å²) < 4.78 is 0.868. The molecule has 13 heteroatoms. The second-order valence-corrected chi connectivity index (χ2v) is 13.0. The molecular formula is C30H30BrCl2N7O3. The highest BCUT2D eigenvalue weighted by Crippen LogP contribution is 2.37. The average Bonchev–Trinajstić information content (AvgIpc) is 3.31. The number of anilines is 2. The summed E-state index contributed by atoms with van der Waals surface area (Å²) in [6.45, 7) is 4.70. The Labute approximate surface area is 267 Å². The summed E-state index contributed by atoms with van der Waals surface area (Å²) in [6, 6.07) is 8.48. The maximum Gasteiger partial charge on any atom is 0.255 e. The van der Waals surface area contributed by atoms with Gasteiger partial charge in [0, 0.05) is 53.7 Å². The molecule has 3 aromatic rings. The Balaban J connectivity index is 1.08. The lowest BCUT2D eigenvalue weighted by Crippen LogP contribution is -2.52. The van der Waals surface area contributed by atoms with Crippen molar-refractivity contribution < 1.29 is 14.4 Å². The normalized spacial score (nSPS) is 19.9. The van der Waals surface area contributed by atoms with Crippen molar-refractivity contribution in [2.75, 3.05) is 23.7 Å². The van der Waals surface area contributed by atoms with Crippen LogP contribution in [0.1, 0.15) is 54.1 Å². The maximum atomic E-state index is 13.1. The standard InChI is InChI=1S/C30H30BrCl2N7O3/c1-30(9-11-39(12-10-30)22-14-35-26(27(34)37-22)18-3-2-4-20(32)25(18)33)36-13-16-5-6-17-19(24(16)31)15-40(29(17)43)21-7-8-23(41)38-28(21)42/h2-6,14,21,36H,7-13,15H2,1H3,(H2,34,37)(H,38,41,42). The maximum absolute atomic E-state index is 13.1. The quantitative estimate of drug-likeness (QED) is 0.318. The van der Waals surface area contributed by atoms with Gasteiger partial charge < -0.3 is 20.9 Å². The Bertz CT molecular complexity index is 1640. The molecule has 3 amide bonds. The predicted octanol–water partition coefficient (Wildman–Crippen LogP) is 4.70. The second-order valence-electron chi connectivity index (χ2n) is 11.4. The molecule has 0 bridgehead atoms. The van der Waals surface area contributed by atoms with E-state index in [0.29, 0.717) is 58.0 Å². The number of carbonyl (C=O) groups excluding carboxylic acids is 3. The Hall–Kier alpha value is -3.25. The first-order valence-electron chi connectivity index (χ1n) is 14.1. The van der Waals surface area contributed by atoms with E-state index in [1.54, 1.807) is 23.2 Å². The van der Waals surface area contributed by atoms with E-state index in [-0.39, 0.29) is 23.8 Å². The predicted molar refractivity (Wildman–Crippen MR) is 169 cm³/mol. The summed E-state index contributed by atoms with van der Waals surface area (Å²) >= 11 is 16.3. The Morgan fingerprint density at radius 3 is 2.63 bits per heavy atom. The molecule has 1 unspecified atom stereocenters. The van der Waals surface area contributed by atoms with Gasteiger partial charge in [0.05, 0.1) is 16.2 Å². The van der Waals surface area contributed by atoms with Crippen molar-refractivity contribution in [3.63, 3.8) is 0 Å². The first-order chi connectivity index (χ1) is 20.5. The highest BCUT2D eigenvalue weighted by molar-refractivity contribution is 9.10. The number of halogens is 3. The zero-order valence-electron chi connectivity index (χ0n) is 23.4. The number of fused-ring (bicyclic) bond motifs is 1. The number of piperidine rings is 2. The zero-order chi connectivity index (χ0) is 30.5. The third-order valence-corrected chi connectivity index (χ3v) is 10.4. The molecule has 2 saturated heterocycles. The number of amides is 3. The van der Waals surface area contributed by atoms with E-state index >= 15 is 0 Å². The number of nitrogens with one attached hydrogen (secondary N) is 2. The number of aromatic nitrogens is 2. The third-order valence-electron chi connectivity index (χ3n) is 8.62. The van der Waals surface area contributed by atoms with E-state index in [9.17, 15) is 14.4 Å². The lowest BCUT2D eigenvalue weighted by atomic mass is 9.89. The molecule has 4 heterocycles. The number of carbonyl (C=O) groups is 3. The summed E-state index contributed by atoms with van der Waals surface area (Å²) in [4.78, 5) is 50.0. The Kier molecular flexibility index (Phi) is 8.10. The van der Waals surface area contributed by atoms with Gasteiger partial charge in [-0.15, -0.1) is 0 Å². The number of hydrogen-bond donors (Lipinski definition) is 3. The molecule has 4 N–H and O–H groups in total. The number of nitrogens with zero attached hydrogens (tertiary/aromatic N) is 4. The van der Waals surface area contributed by atoms with E-state index in [1.807, 2.05) is 18.2 Å². The molecule has 0 aliphatic carbocycles. The van der Waals surface area contributed by atoms with E-state index in [2.05, 4.69) is 48.4 Å². The van der Waals surface area contributed by atoms with Crippen molar-refractivity contribution in [1.29, 1.82) is 0 Å². The van der Waals surface area contributed by atoms with E-state index in [1.165, 1.54) is 0 Å². The van der Waals surface area contributed by atoms with Crippen LogP contribution in [0.25, 0.3) is 11.3 Å². The number of nitrogen functional groups attached to an aromatic ring is 1. The monoisotopic (exact) mass is 685 g/mol. The van der Waals surface area contributed by atoms with Crippen LogP contribution in [0.3, 0.4) is 0 Å². The summed E-state index contributed by atoms with van der Waals surface area (Å²) in [5.74, 6) is 0.118. The van der Waals surface area contributed by atoms with E-state index < -0.39 is 11.9 Å². The van der Waals surface area contributed by atoms with Crippen molar-refractivity contribution in [3.05, 3.63) is 67.7 Å². The SMILES string of the molecule is CC1(NCc2ccc3c(c2Br)CN(C2CCC(=O)NC2=O)C3=O)CCN(c2cnc(-c3cccc(Cl)c3Cl)c(N)n2)CC1. The van der Waals surface area contributed by atoms with Crippen LogP contribution >= 0.6 is 39.1 Å². The highest BCUT2D eigenvalue weighted by atomic mass is 79.9. The van der Waals surface area contributed by atoms with Crippen LogP contribution in [-0.2, 0) is 22.7 Å². The van der Waals surface area contributed by atoms with Crippen molar-refractivity contribution in [2.24, 2.45) is 0 Å². The lowest BCUT2D eigenvalue weighted by Gasteiger charge is -2.40. The minimum atomic E-state index is -0.638. The van der Waals surface area contributed by atoms with Crippen LogP contribution in [-0.4, -0.2) is 57.3 Å². The van der Waals surface area contributed by atoms with Gasteiger partial charge in [0.25, 0.3) is 5.91 Å². The summed E-state index contributed by atoms with van der Waals surface area (Å²) in [5.41, 5.74) is 9.82. The largest absolute Gasteiger partial charge is 0.382 e. The second kappa shape index (κ2) is 11.7. The van der Waals surface area contributed by atoms with Crippen LogP contribution in [0.4, 0.5) is 11.6 Å². The van der Waals surface area contributed by atoms with Crippen molar-refractivity contribution in [3.8, 4) is 11.3 Å². The molecular weight excluding hydrogens is 657 g/mol. The fourth-order valence-electron chi connectivity index (χ4n) is 5.94. The zero-order valence-corrected chi connectivity index (χ0v) is 26.5. The third kappa shape index (κ3) is 5.71. The summed E-state index contributed by atoms with van der Waals surface area (Å²) in [7, 11) is 0. The molecule has 3 aliphatic rings. The molecule has 224 valence electrons. The van der Waals surface area contributed by atoms with Gasteiger partial charge in [-0.05, 0) is 49.4 Å². The number of rotatable bonds is 6. The molecule has 2 fully saturated rings. The van der Waals surface area contributed by atoms with E-state index in [0.717, 1.165) is 41.5 Å². The molecule has 43 heavy (non-hydrogen) atoms. The Morgan fingerprint density at radius 2 is 1.91 bits per heavy atom. The van der Waals surface area contributed by atoms with E-state index in [4.69, 9.17) is 28.9 Å². The van der Waals surface area contributed by atoms with Crippen molar-refractivity contribution in [1.82, 2.24) is 25.5 Å². The van der Waals surface area contributed by atoms with Crippen LogP contribution in [0, 0.1) is 0 Å². The van der Waals surface area contributed by atoms with Crippen LogP contribution in [0.15, 0.2) is 41.0 Å². The first kappa shape index (κ1) is 29.8. The number of imide groups is 1. The average molecular weight is 687 g/mol. The fraction of sp³-hybridized carbons (Fsp3) is 0.367. The van der Waals surface area contributed by atoms with Gasteiger partial charge in [-0.3, -0.25) is 19.7 Å². The number of nitrogens with two attached hydrogens (primary N) is 1. The van der Waals surface area contributed by atoms with Crippen molar-refractivity contribution in [2.45, 2.75) is 57.3 Å². The highest BCUT2D eigenvalue weighted by Gasteiger charge is 2.40. The molecule has 3 aliphatic heterocycles. The van der Waals surface area contributed by atoms with Crippen LogP contribution < -0.4 is 21.3 Å². The first-order valence-corrected chi connectivity index (χ1v) is 15.6. The molecule has 1 atom stereocenters. The molecule has 0 spiro atoms. The number of benzene rings is 2. The Morgan fingerprint density at radius 1 is 1.14 bits per heavy atom. The van der Waals surface area contributed by atoms with Gasteiger partial charge >= 0.3 is 0 Å². The molecule has 0 radical (unpaired) electrons. The van der Waals surface area contributed by atoms with Gasteiger partial charge in [-0.2, -0.15) is 0 Å². The van der Waals surface area contributed by atoms with Crippen molar-refractivity contribution >= 4 is 68.5 Å². The van der Waals surface area contributed by atoms with Crippen LogP contribution in [0.5, 0.6) is 0 Å². The summed E-state index contributed by atoms with van der Waals surface area (Å²) in [6.07, 6.45) is 4.04. The van der Waals surface area contributed by atoms with Gasteiger partial charge in [0.2, 0.25) is 11.8 Å². The van der Waals surface area contributed by atoms with Crippen LogP contribution in [0.2, 0.25) is 10.0 Å². The van der Waals surface area contributed by atoms with Gasteiger partial charge in [-0.1, -0.05) is 57.3 Å². The van der Waals surface area contributed by atoms with Gasteiger partial charge in [-0.25, -0.2) is 9.97 Å². The van der Waals surface area contributed by atoms with Gasteiger partial charge in [0.15, 0.2) is 5.82 Å². The topological polar surface area (TPSA) is 134 Å². The molecule has 6 rings (SSSR count). The fourth-order valence-corrected chi connectivity index (χ4v) is 6.95.